The molecule has 5 heteroatoms. The van der Waals surface area contributed by atoms with Gasteiger partial charge in [0.15, 0.2) is 5.78 Å². The van der Waals surface area contributed by atoms with Crippen LogP contribution < -0.4 is 19.9 Å². The lowest BCUT2D eigenvalue weighted by Gasteiger charge is -2.31. The van der Waals surface area contributed by atoms with Crippen LogP contribution in [0.25, 0.3) is 0 Å². The average molecular weight is 369 g/mol. The lowest BCUT2D eigenvalue weighted by Crippen LogP contribution is -2.26. The van der Waals surface area contributed by atoms with Crippen molar-refractivity contribution in [3.63, 3.8) is 0 Å². The first-order valence-electron chi connectivity index (χ1n) is 9.28. The van der Waals surface area contributed by atoms with Crippen LogP contribution in [0.4, 0.5) is 5.69 Å². The molecule has 3 rings (SSSR count). The predicted octanol–water partition coefficient (Wildman–Crippen LogP) is 4.45. The summed E-state index contributed by atoms with van der Waals surface area (Å²) in [6.07, 6.45) is 3.98. The molecular formula is C22H27NO4. The highest BCUT2D eigenvalue weighted by Gasteiger charge is 2.34. The summed E-state index contributed by atoms with van der Waals surface area (Å²) in [5.41, 5.74) is 8.38. The van der Waals surface area contributed by atoms with E-state index in [4.69, 9.17) is 19.9 Å². The van der Waals surface area contributed by atoms with Crippen molar-refractivity contribution < 1.29 is 19.0 Å². The molecule has 0 radical (unpaired) electrons. The molecule has 1 aliphatic rings. The van der Waals surface area contributed by atoms with Gasteiger partial charge in [0.25, 0.3) is 0 Å². The van der Waals surface area contributed by atoms with Gasteiger partial charge in [0.1, 0.15) is 17.2 Å². The quantitative estimate of drug-likeness (QED) is 0.602. The maximum Gasteiger partial charge on any atom is 0.170 e. The largest absolute Gasteiger partial charge is 0.497 e. The van der Waals surface area contributed by atoms with Gasteiger partial charge in [0.05, 0.1) is 32.6 Å². The number of Topliss-reactive ketones (excluding diaryl/α,β-unsaturated/α-hetero) is 1. The number of nitrogens with two attached hydrogens (primary N) is 1. The molecule has 2 aromatic rings. The van der Waals surface area contributed by atoms with Crippen molar-refractivity contribution in [1.82, 2.24) is 0 Å². The minimum absolute atomic E-state index is 0.102. The highest BCUT2D eigenvalue weighted by Crippen LogP contribution is 2.42. The number of methoxy groups -OCH3 is 3. The van der Waals surface area contributed by atoms with Crippen molar-refractivity contribution in [3.05, 3.63) is 47.5 Å². The molecule has 2 atom stereocenters. The summed E-state index contributed by atoms with van der Waals surface area (Å²) < 4.78 is 16.0. The van der Waals surface area contributed by atoms with Gasteiger partial charge in [-0.05, 0) is 54.7 Å². The summed E-state index contributed by atoms with van der Waals surface area (Å²) in [6, 6.07) is 11.2. The van der Waals surface area contributed by atoms with Crippen molar-refractivity contribution >= 4 is 11.5 Å². The number of nitrogen functional groups attached to an aromatic ring is 1. The Bertz CT molecular complexity index is 818. The Morgan fingerprint density at radius 2 is 1.63 bits per heavy atom. The monoisotopic (exact) mass is 369 g/mol. The van der Waals surface area contributed by atoms with Crippen LogP contribution in [0.2, 0.25) is 0 Å². The Hall–Kier alpha value is -2.69. The van der Waals surface area contributed by atoms with E-state index >= 15 is 0 Å². The fourth-order valence-electron chi connectivity index (χ4n) is 4.03. The molecule has 0 saturated heterocycles. The Balaban J connectivity index is 1.96. The highest BCUT2D eigenvalue weighted by atomic mass is 16.5. The standard InChI is InChI=1S/C22H27NO4/c1-25-15-9-11-20(26-2)18(13-15)22(24)17-7-5-4-6-16(17)14-8-10-21(27-3)19(23)12-14/h8-13,16-17H,4-7,23H2,1-3H3. The fourth-order valence-corrected chi connectivity index (χ4v) is 4.03. The van der Waals surface area contributed by atoms with Crippen LogP contribution in [0, 0.1) is 5.92 Å². The Kier molecular flexibility index (Phi) is 5.89. The number of benzene rings is 2. The third kappa shape index (κ3) is 3.87. The zero-order valence-electron chi connectivity index (χ0n) is 16.2. The number of rotatable bonds is 6. The summed E-state index contributed by atoms with van der Waals surface area (Å²) in [4.78, 5) is 13.4. The first-order chi connectivity index (χ1) is 13.1. The third-order valence-corrected chi connectivity index (χ3v) is 5.46. The van der Waals surface area contributed by atoms with E-state index in [1.807, 2.05) is 18.2 Å². The molecule has 0 spiro atoms. The van der Waals surface area contributed by atoms with Crippen molar-refractivity contribution in [3.8, 4) is 17.2 Å². The summed E-state index contributed by atoms with van der Waals surface area (Å²) >= 11 is 0. The van der Waals surface area contributed by atoms with Crippen molar-refractivity contribution in [1.29, 1.82) is 0 Å². The number of hydrogen-bond donors (Lipinski definition) is 1. The first-order valence-corrected chi connectivity index (χ1v) is 9.28. The molecule has 144 valence electrons. The molecule has 1 fully saturated rings. The topological polar surface area (TPSA) is 70.8 Å². The van der Waals surface area contributed by atoms with Gasteiger partial charge in [-0.2, -0.15) is 0 Å². The van der Waals surface area contributed by atoms with E-state index in [2.05, 4.69) is 0 Å². The van der Waals surface area contributed by atoms with Crippen LogP contribution in [0.3, 0.4) is 0 Å². The Morgan fingerprint density at radius 1 is 0.926 bits per heavy atom. The second-order valence-corrected chi connectivity index (χ2v) is 6.93. The molecule has 2 aromatic carbocycles. The maximum atomic E-state index is 13.4. The van der Waals surface area contributed by atoms with Crippen molar-refractivity contribution in [2.24, 2.45) is 5.92 Å². The molecule has 1 saturated carbocycles. The van der Waals surface area contributed by atoms with Gasteiger partial charge in [0.2, 0.25) is 0 Å². The number of carbonyl (C=O) groups is 1. The summed E-state index contributed by atoms with van der Waals surface area (Å²) in [6.45, 7) is 0. The SMILES string of the molecule is COc1ccc(OC)c(C(=O)C2CCCCC2c2ccc(OC)c(N)c2)c1. The molecular weight excluding hydrogens is 342 g/mol. The van der Waals surface area contributed by atoms with Crippen LogP contribution >= 0.6 is 0 Å². The molecule has 27 heavy (non-hydrogen) atoms. The van der Waals surface area contributed by atoms with Gasteiger partial charge >= 0.3 is 0 Å². The molecule has 0 bridgehead atoms. The number of ketones is 1. The second kappa shape index (κ2) is 8.33. The van der Waals surface area contributed by atoms with E-state index in [1.54, 1.807) is 39.5 Å². The number of anilines is 1. The van der Waals surface area contributed by atoms with E-state index in [0.29, 0.717) is 28.5 Å². The van der Waals surface area contributed by atoms with E-state index in [9.17, 15) is 4.79 Å². The van der Waals surface area contributed by atoms with Crippen LogP contribution in [-0.2, 0) is 0 Å². The molecule has 0 amide bonds. The zero-order valence-corrected chi connectivity index (χ0v) is 16.2. The summed E-state index contributed by atoms with van der Waals surface area (Å²) in [5, 5.41) is 0. The molecule has 5 nitrogen and oxygen atoms in total. The van der Waals surface area contributed by atoms with Gasteiger partial charge < -0.3 is 19.9 Å². The average Bonchev–Trinajstić information content (AvgIpc) is 2.72. The van der Waals surface area contributed by atoms with Crippen molar-refractivity contribution in [2.45, 2.75) is 31.6 Å². The first kappa shape index (κ1) is 19.1. The molecule has 2 unspecified atom stereocenters. The number of ether oxygens (including phenoxy) is 3. The lowest BCUT2D eigenvalue weighted by molar-refractivity contribution is 0.0864. The van der Waals surface area contributed by atoms with Crippen LogP contribution in [0.15, 0.2) is 36.4 Å². The van der Waals surface area contributed by atoms with Gasteiger partial charge in [-0.25, -0.2) is 0 Å². The van der Waals surface area contributed by atoms with E-state index in [-0.39, 0.29) is 17.6 Å². The fraction of sp³-hybridized carbons (Fsp3) is 0.409. The smallest absolute Gasteiger partial charge is 0.170 e. The van der Waals surface area contributed by atoms with E-state index in [0.717, 1.165) is 31.2 Å². The van der Waals surface area contributed by atoms with Crippen LogP contribution in [0.5, 0.6) is 17.2 Å². The van der Waals surface area contributed by atoms with Gasteiger partial charge in [0, 0.05) is 5.92 Å². The lowest BCUT2D eigenvalue weighted by atomic mass is 9.72. The van der Waals surface area contributed by atoms with Crippen molar-refractivity contribution in [2.75, 3.05) is 27.1 Å². The van der Waals surface area contributed by atoms with Gasteiger partial charge in [-0.15, -0.1) is 0 Å². The second-order valence-electron chi connectivity index (χ2n) is 6.93. The zero-order chi connectivity index (χ0) is 19.4. The van der Waals surface area contributed by atoms with Gasteiger partial charge in [-0.3, -0.25) is 4.79 Å². The predicted molar refractivity (Wildman–Crippen MR) is 106 cm³/mol. The van der Waals surface area contributed by atoms with Gasteiger partial charge in [-0.1, -0.05) is 18.9 Å². The molecule has 0 aliphatic heterocycles. The molecule has 0 heterocycles. The minimum Gasteiger partial charge on any atom is -0.497 e. The number of carbonyl (C=O) groups excluding carboxylic acids is 1. The number of hydrogen-bond acceptors (Lipinski definition) is 5. The molecule has 1 aliphatic carbocycles. The highest BCUT2D eigenvalue weighted by molar-refractivity contribution is 6.01. The Labute approximate surface area is 160 Å². The van der Waals surface area contributed by atoms with Crippen LogP contribution in [0.1, 0.15) is 47.5 Å². The normalized spacial score (nSPS) is 19.4. The summed E-state index contributed by atoms with van der Waals surface area (Å²) in [7, 11) is 4.79. The third-order valence-electron chi connectivity index (χ3n) is 5.46. The van der Waals surface area contributed by atoms with E-state index < -0.39 is 0 Å². The summed E-state index contributed by atoms with van der Waals surface area (Å²) in [5.74, 6) is 2.03. The Morgan fingerprint density at radius 3 is 2.30 bits per heavy atom. The maximum absolute atomic E-state index is 13.4. The van der Waals surface area contributed by atoms with Crippen LogP contribution in [-0.4, -0.2) is 27.1 Å². The van der Waals surface area contributed by atoms with E-state index in [1.165, 1.54) is 0 Å². The molecule has 0 aromatic heterocycles. The minimum atomic E-state index is -0.104. The molecule has 2 N–H and O–H groups in total.